The summed E-state index contributed by atoms with van der Waals surface area (Å²) in [4.78, 5) is 0. The number of nitrogens with one attached hydrogen (secondary N) is 1. The fraction of sp³-hybridized carbons (Fsp3) is 0.294. The van der Waals surface area contributed by atoms with Crippen molar-refractivity contribution in [2.45, 2.75) is 19.4 Å². The molecule has 1 heterocycles. The first-order valence-electron chi connectivity index (χ1n) is 7.70. The summed E-state index contributed by atoms with van der Waals surface area (Å²) in [5.41, 5.74) is 9.74. The van der Waals surface area contributed by atoms with Gasteiger partial charge in [-0.25, -0.2) is 4.72 Å². The molecule has 0 aromatic heterocycles. The Morgan fingerprint density at radius 1 is 1.04 bits per heavy atom. The minimum absolute atomic E-state index is 0. The zero-order valence-electron chi connectivity index (χ0n) is 13.3. The Bertz CT molecular complexity index is 779. The normalized spacial score (nSPS) is 14.7. The van der Waals surface area contributed by atoms with Crippen LogP contribution in [-0.4, -0.2) is 25.8 Å². The number of rotatable bonds is 5. The Morgan fingerprint density at radius 3 is 2.42 bits per heavy atom. The molecule has 0 radical (unpaired) electrons. The average Bonchev–Trinajstić information content (AvgIpc) is 2.56. The van der Waals surface area contributed by atoms with Crippen LogP contribution in [0.4, 0.5) is 5.69 Å². The van der Waals surface area contributed by atoms with E-state index in [1.54, 1.807) is 0 Å². The van der Waals surface area contributed by atoms with Gasteiger partial charge in [-0.2, -0.15) is 12.7 Å². The van der Waals surface area contributed by atoms with E-state index in [4.69, 9.17) is 5.73 Å². The van der Waals surface area contributed by atoms with Crippen LogP contribution >= 0.6 is 12.4 Å². The first kappa shape index (κ1) is 18.7. The molecule has 0 unspecified atom stereocenters. The van der Waals surface area contributed by atoms with Gasteiger partial charge in [-0.3, -0.25) is 0 Å². The Kier molecular flexibility index (Phi) is 6.23. The quantitative estimate of drug-likeness (QED) is 0.795. The molecule has 0 fully saturated rings. The summed E-state index contributed by atoms with van der Waals surface area (Å²) in [6.07, 6.45) is 1.40. The van der Waals surface area contributed by atoms with E-state index in [0.717, 1.165) is 17.5 Å². The van der Waals surface area contributed by atoms with E-state index in [-0.39, 0.29) is 12.4 Å². The molecule has 7 heteroatoms. The summed E-state index contributed by atoms with van der Waals surface area (Å²) in [5.74, 6) is 0. The lowest BCUT2D eigenvalue weighted by Gasteiger charge is -2.28. The van der Waals surface area contributed by atoms with Crippen LogP contribution in [0.2, 0.25) is 0 Å². The van der Waals surface area contributed by atoms with Crippen LogP contribution in [0.1, 0.15) is 16.7 Å². The van der Waals surface area contributed by atoms with Crippen LogP contribution in [0.3, 0.4) is 0 Å². The lowest BCUT2D eigenvalue weighted by Crippen LogP contribution is -2.43. The van der Waals surface area contributed by atoms with Crippen molar-refractivity contribution in [1.82, 2.24) is 9.03 Å². The highest BCUT2D eigenvalue weighted by atomic mass is 35.5. The minimum Gasteiger partial charge on any atom is -0.399 e. The summed E-state index contributed by atoms with van der Waals surface area (Å²) in [5, 5.41) is 0. The molecule has 0 saturated carbocycles. The maximum atomic E-state index is 12.4. The Hall–Kier alpha value is -1.60. The zero-order valence-corrected chi connectivity index (χ0v) is 14.9. The van der Waals surface area contributed by atoms with Gasteiger partial charge >= 0.3 is 0 Å². The molecule has 5 nitrogen and oxygen atoms in total. The monoisotopic (exact) mass is 367 g/mol. The second-order valence-electron chi connectivity index (χ2n) is 5.74. The lowest BCUT2D eigenvalue weighted by molar-refractivity contribution is 0.384. The molecule has 2 aromatic carbocycles. The van der Waals surface area contributed by atoms with E-state index in [1.807, 2.05) is 42.5 Å². The fourth-order valence-electron chi connectivity index (χ4n) is 2.77. The number of benzene rings is 2. The van der Waals surface area contributed by atoms with Gasteiger partial charge in [-0.05, 0) is 41.7 Å². The molecule has 1 aliphatic heterocycles. The molecule has 3 rings (SSSR count). The molecular formula is C17H22ClN3O2S. The maximum absolute atomic E-state index is 12.4. The third-order valence-corrected chi connectivity index (χ3v) is 5.67. The molecule has 1 aliphatic rings. The van der Waals surface area contributed by atoms with Crippen molar-refractivity contribution in [3.63, 3.8) is 0 Å². The van der Waals surface area contributed by atoms with E-state index < -0.39 is 10.2 Å². The summed E-state index contributed by atoms with van der Waals surface area (Å²) >= 11 is 0. The predicted octanol–water partition coefficient (Wildman–Crippen LogP) is 2.13. The van der Waals surface area contributed by atoms with Gasteiger partial charge in [-0.15, -0.1) is 12.4 Å². The Morgan fingerprint density at radius 2 is 1.71 bits per heavy atom. The number of fused-ring (bicyclic) bond motifs is 1. The smallest absolute Gasteiger partial charge is 0.279 e. The molecule has 3 N–H and O–H groups in total. The van der Waals surface area contributed by atoms with E-state index in [2.05, 4.69) is 10.8 Å². The molecule has 24 heavy (non-hydrogen) atoms. The Balaban J connectivity index is 0.00000208. The number of nitrogens with two attached hydrogens (primary N) is 1. The van der Waals surface area contributed by atoms with Crippen molar-refractivity contribution in [3.8, 4) is 0 Å². The van der Waals surface area contributed by atoms with Crippen LogP contribution in [0, 0.1) is 0 Å². The molecule has 2 aromatic rings. The van der Waals surface area contributed by atoms with E-state index in [1.165, 1.54) is 9.87 Å². The number of hydrogen-bond donors (Lipinski definition) is 2. The highest BCUT2D eigenvalue weighted by Crippen LogP contribution is 2.20. The van der Waals surface area contributed by atoms with Gasteiger partial charge < -0.3 is 5.73 Å². The molecule has 0 aliphatic carbocycles. The van der Waals surface area contributed by atoms with Gasteiger partial charge in [0, 0.05) is 25.3 Å². The van der Waals surface area contributed by atoms with Gasteiger partial charge in [0.25, 0.3) is 10.2 Å². The number of nitrogens with zero attached hydrogens (tertiary/aromatic N) is 1. The van der Waals surface area contributed by atoms with Gasteiger partial charge in [0.2, 0.25) is 0 Å². The Labute approximate surface area is 149 Å². The third-order valence-electron chi connectivity index (χ3n) is 4.11. The van der Waals surface area contributed by atoms with Gasteiger partial charge in [0.15, 0.2) is 0 Å². The van der Waals surface area contributed by atoms with Crippen LogP contribution in [0.25, 0.3) is 0 Å². The number of nitrogen functional groups attached to an aromatic ring is 1. The van der Waals surface area contributed by atoms with E-state index in [9.17, 15) is 8.42 Å². The summed E-state index contributed by atoms with van der Waals surface area (Å²) < 4.78 is 29.1. The number of hydrogen-bond acceptors (Lipinski definition) is 3. The fourth-order valence-corrected chi connectivity index (χ4v) is 3.96. The second kappa shape index (κ2) is 7.98. The van der Waals surface area contributed by atoms with Crippen molar-refractivity contribution in [2.24, 2.45) is 0 Å². The highest BCUT2D eigenvalue weighted by molar-refractivity contribution is 7.87. The molecular weight excluding hydrogens is 346 g/mol. The first-order chi connectivity index (χ1) is 11.0. The van der Waals surface area contributed by atoms with E-state index >= 15 is 0 Å². The summed E-state index contributed by atoms with van der Waals surface area (Å²) in [6, 6.07) is 15.5. The van der Waals surface area contributed by atoms with Crippen molar-refractivity contribution in [2.75, 3.05) is 18.8 Å². The predicted molar refractivity (Wildman–Crippen MR) is 99.3 cm³/mol. The number of halogens is 1. The molecule has 0 amide bonds. The standard InChI is InChI=1S/C17H21N3O2S.ClH/c18-17-7-5-14(6-8-17)9-11-19-23(21,22)20-12-10-15-3-1-2-4-16(15)13-20;/h1-8,19H,9-13,18H2;1H. The van der Waals surface area contributed by atoms with Crippen LogP contribution < -0.4 is 10.5 Å². The van der Waals surface area contributed by atoms with Crippen LogP contribution in [0.15, 0.2) is 48.5 Å². The van der Waals surface area contributed by atoms with Gasteiger partial charge in [-0.1, -0.05) is 36.4 Å². The molecule has 130 valence electrons. The second-order valence-corrected chi connectivity index (χ2v) is 7.50. The number of anilines is 1. The molecule has 0 saturated heterocycles. The van der Waals surface area contributed by atoms with Crippen molar-refractivity contribution in [1.29, 1.82) is 0 Å². The summed E-state index contributed by atoms with van der Waals surface area (Å²) in [6.45, 7) is 1.34. The van der Waals surface area contributed by atoms with Crippen LogP contribution in [0.5, 0.6) is 0 Å². The first-order valence-corrected chi connectivity index (χ1v) is 9.14. The average molecular weight is 368 g/mol. The van der Waals surface area contributed by atoms with Crippen molar-refractivity contribution >= 4 is 28.3 Å². The van der Waals surface area contributed by atoms with Crippen molar-refractivity contribution in [3.05, 3.63) is 65.2 Å². The van der Waals surface area contributed by atoms with Gasteiger partial charge in [0.1, 0.15) is 0 Å². The zero-order chi connectivity index (χ0) is 16.3. The minimum atomic E-state index is -3.45. The van der Waals surface area contributed by atoms with Crippen LogP contribution in [-0.2, 0) is 29.6 Å². The highest BCUT2D eigenvalue weighted by Gasteiger charge is 2.25. The summed E-state index contributed by atoms with van der Waals surface area (Å²) in [7, 11) is -3.45. The van der Waals surface area contributed by atoms with Crippen molar-refractivity contribution < 1.29 is 8.42 Å². The SMILES string of the molecule is Cl.Nc1ccc(CCNS(=O)(=O)N2CCc3ccccc3C2)cc1. The third kappa shape index (κ3) is 4.48. The molecule has 0 atom stereocenters. The topological polar surface area (TPSA) is 75.4 Å². The largest absolute Gasteiger partial charge is 0.399 e. The molecule has 0 spiro atoms. The van der Waals surface area contributed by atoms with E-state index in [0.29, 0.717) is 31.7 Å². The molecule has 0 bridgehead atoms. The lowest BCUT2D eigenvalue weighted by atomic mass is 10.0. The maximum Gasteiger partial charge on any atom is 0.279 e. The van der Waals surface area contributed by atoms with Gasteiger partial charge in [0.05, 0.1) is 0 Å².